The summed E-state index contributed by atoms with van der Waals surface area (Å²) >= 11 is 0. The van der Waals surface area contributed by atoms with Gasteiger partial charge in [0.1, 0.15) is 0 Å². The van der Waals surface area contributed by atoms with Gasteiger partial charge in [0.05, 0.1) is 15.9 Å². The van der Waals surface area contributed by atoms with Crippen LogP contribution in [0.4, 0.5) is 5.69 Å². The first-order chi connectivity index (χ1) is 11.6. The van der Waals surface area contributed by atoms with E-state index in [0.29, 0.717) is 24.1 Å². The first-order valence-electron chi connectivity index (χ1n) is 8.27. The van der Waals surface area contributed by atoms with Crippen molar-refractivity contribution in [1.82, 2.24) is 9.62 Å². The quantitative estimate of drug-likeness (QED) is 0.551. The zero-order chi connectivity index (χ0) is 18.8. The maximum atomic E-state index is 12.3. The minimum Gasteiger partial charge on any atom is -0.390 e. The van der Waals surface area contributed by atoms with Gasteiger partial charge in [-0.1, -0.05) is 13.0 Å². The van der Waals surface area contributed by atoms with Gasteiger partial charge in [-0.2, -0.15) is 0 Å². The third kappa shape index (κ3) is 4.97. The van der Waals surface area contributed by atoms with Gasteiger partial charge in [0, 0.05) is 37.3 Å². The first kappa shape index (κ1) is 19.8. The lowest BCUT2D eigenvalue weighted by Crippen LogP contribution is -2.41. The number of hydrogen-bond acceptors (Lipinski definition) is 6. The summed E-state index contributed by atoms with van der Waals surface area (Å²) in [5.74, 6) is 0.562. The third-order valence-corrected chi connectivity index (χ3v) is 5.98. The number of nitro benzene ring substituents is 1. The first-order valence-corrected chi connectivity index (χ1v) is 9.75. The van der Waals surface area contributed by atoms with Gasteiger partial charge in [0.2, 0.25) is 10.0 Å². The number of nitro groups is 1. The van der Waals surface area contributed by atoms with Gasteiger partial charge in [-0.25, -0.2) is 13.1 Å². The minimum absolute atomic E-state index is 0.137. The third-order valence-electron chi connectivity index (χ3n) is 4.55. The van der Waals surface area contributed by atoms with Crippen LogP contribution in [-0.4, -0.2) is 55.1 Å². The molecule has 0 saturated carbocycles. The molecule has 1 saturated heterocycles. The lowest BCUT2D eigenvalue weighted by atomic mass is 10.1. The molecule has 1 aliphatic heterocycles. The van der Waals surface area contributed by atoms with E-state index in [2.05, 4.69) is 23.5 Å². The molecule has 1 aromatic carbocycles. The van der Waals surface area contributed by atoms with Crippen LogP contribution in [0.2, 0.25) is 0 Å². The Kier molecular flexibility index (Phi) is 6.15. The summed E-state index contributed by atoms with van der Waals surface area (Å²) in [6.45, 7) is 6.92. The topological polar surface area (TPSA) is 113 Å². The van der Waals surface area contributed by atoms with Crippen molar-refractivity contribution >= 4 is 15.7 Å². The average Bonchev–Trinajstić information content (AvgIpc) is 2.83. The number of aliphatic hydroxyl groups excluding tert-OH is 1. The van der Waals surface area contributed by atoms with Crippen molar-refractivity contribution in [2.24, 2.45) is 5.92 Å². The number of benzene rings is 1. The van der Waals surface area contributed by atoms with Crippen LogP contribution >= 0.6 is 0 Å². The summed E-state index contributed by atoms with van der Waals surface area (Å²) in [4.78, 5) is 12.3. The molecule has 3 atom stereocenters. The molecule has 140 valence electrons. The van der Waals surface area contributed by atoms with Crippen molar-refractivity contribution < 1.29 is 18.4 Å². The van der Waals surface area contributed by atoms with E-state index in [9.17, 15) is 23.6 Å². The van der Waals surface area contributed by atoms with Crippen LogP contribution in [0.1, 0.15) is 25.8 Å². The zero-order valence-electron chi connectivity index (χ0n) is 14.7. The Balaban J connectivity index is 1.99. The molecule has 1 aliphatic rings. The van der Waals surface area contributed by atoms with Crippen molar-refractivity contribution in [2.75, 3.05) is 19.6 Å². The number of aryl methyl sites for hydroxylation is 1. The normalized spacial score (nSPS) is 22.9. The van der Waals surface area contributed by atoms with Crippen LogP contribution < -0.4 is 4.72 Å². The molecule has 0 radical (unpaired) electrons. The molecule has 25 heavy (non-hydrogen) atoms. The molecular formula is C16H25N3O5S. The second kappa shape index (κ2) is 7.77. The second-order valence-corrected chi connectivity index (χ2v) is 8.62. The molecule has 0 spiro atoms. The molecule has 0 aromatic heterocycles. The molecule has 2 N–H and O–H groups in total. The molecule has 2 unspecified atom stereocenters. The van der Waals surface area contributed by atoms with E-state index in [1.807, 2.05) is 0 Å². The molecule has 8 nitrogen and oxygen atoms in total. The van der Waals surface area contributed by atoms with Gasteiger partial charge < -0.3 is 5.11 Å². The van der Waals surface area contributed by atoms with Crippen LogP contribution in [-0.2, 0) is 10.0 Å². The molecule has 1 fully saturated rings. The summed E-state index contributed by atoms with van der Waals surface area (Å²) in [7, 11) is -3.92. The van der Waals surface area contributed by atoms with Crippen molar-refractivity contribution in [3.63, 3.8) is 0 Å². The number of sulfonamides is 1. The Morgan fingerprint density at radius 2 is 2.12 bits per heavy atom. The fourth-order valence-electron chi connectivity index (χ4n) is 3.22. The highest BCUT2D eigenvalue weighted by atomic mass is 32.2. The van der Waals surface area contributed by atoms with Gasteiger partial charge >= 0.3 is 0 Å². The molecule has 9 heteroatoms. The van der Waals surface area contributed by atoms with Crippen LogP contribution in [0, 0.1) is 23.0 Å². The smallest absolute Gasteiger partial charge is 0.273 e. The molecule has 0 bridgehead atoms. The number of hydrogen-bond donors (Lipinski definition) is 2. The summed E-state index contributed by atoms with van der Waals surface area (Å²) < 4.78 is 27.0. The van der Waals surface area contributed by atoms with Gasteiger partial charge in [-0.3, -0.25) is 15.0 Å². The molecule has 0 amide bonds. The monoisotopic (exact) mass is 371 g/mol. The highest BCUT2D eigenvalue weighted by molar-refractivity contribution is 7.89. The van der Waals surface area contributed by atoms with Crippen molar-refractivity contribution in [2.45, 2.75) is 44.2 Å². The van der Waals surface area contributed by atoms with Crippen LogP contribution in [0.5, 0.6) is 0 Å². The maximum absolute atomic E-state index is 12.3. The fourth-order valence-corrected chi connectivity index (χ4v) is 4.31. The van der Waals surface area contributed by atoms with Gasteiger partial charge in [0.15, 0.2) is 0 Å². The van der Waals surface area contributed by atoms with Crippen molar-refractivity contribution in [1.29, 1.82) is 0 Å². The lowest BCUT2D eigenvalue weighted by Gasteiger charge is -2.24. The Hall–Kier alpha value is -1.55. The number of nitrogens with zero attached hydrogens (tertiary/aromatic N) is 2. The highest BCUT2D eigenvalue weighted by Gasteiger charge is 2.28. The largest absolute Gasteiger partial charge is 0.390 e. The van der Waals surface area contributed by atoms with Crippen LogP contribution in [0.25, 0.3) is 0 Å². The van der Waals surface area contributed by atoms with E-state index in [1.54, 1.807) is 6.92 Å². The van der Waals surface area contributed by atoms with E-state index < -0.39 is 21.1 Å². The van der Waals surface area contributed by atoms with E-state index >= 15 is 0 Å². The van der Waals surface area contributed by atoms with Gasteiger partial charge in [-0.05, 0) is 32.3 Å². The predicted molar refractivity (Wildman–Crippen MR) is 93.8 cm³/mol. The van der Waals surface area contributed by atoms with E-state index in [-0.39, 0.29) is 17.1 Å². The molecule has 1 heterocycles. The molecule has 2 rings (SSSR count). The Morgan fingerprint density at radius 3 is 2.68 bits per heavy atom. The van der Waals surface area contributed by atoms with Crippen molar-refractivity contribution in [3.8, 4) is 0 Å². The minimum atomic E-state index is -3.92. The Morgan fingerprint density at radius 1 is 1.44 bits per heavy atom. The SMILES string of the molecule is Cc1ccc(S(=O)(=O)NC[C@@H](O)CN2CC(C)CC2C)cc1[N+](=O)[O-]. The average molecular weight is 371 g/mol. The Bertz CT molecular complexity index is 737. The summed E-state index contributed by atoms with van der Waals surface area (Å²) in [5.41, 5.74) is 0.143. The predicted octanol–water partition coefficient (Wildman–Crippen LogP) is 1.27. The van der Waals surface area contributed by atoms with Gasteiger partial charge in [0.25, 0.3) is 5.69 Å². The molecule has 0 aliphatic carbocycles. The highest BCUT2D eigenvalue weighted by Crippen LogP contribution is 2.23. The maximum Gasteiger partial charge on any atom is 0.273 e. The van der Waals surface area contributed by atoms with E-state index in [0.717, 1.165) is 19.0 Å². The zero-order valence-corrected chi connectivity index (χ0v) is 15.5. The van der Waals surface area contributed by atoms with Crippen LogP contribution in [0.15, 0.2) is 23.1 Å². The fraction of sp³-hybridized carbons (Fsp3) is 0.625. The molecule has 1 aromatic rings. The van der Waals surface area contributed by atoms with Crippen LogP contribution in [0.3, 0.4) is 0 Å². The number of nitrogens with one attached hydrogen (secondary N) is 1. The molecular weight excluding hydrogens is 346 g/mol. The Labute approximate surface area is 148 Å². The lowest BCUT2D eigenvalue weighted by molar-refractivity contribution is -0.385. The summed E-state index contributed by atoms with van der Waals surface area (Å²) in [5, 5.41) is 21.1. The number of likely N-dealkylation sites (tertiary alicyclic amines) is 1. The number of rotatable bonds is 7. The van der Waals surface area contributed by atoms with E-state index in [1.165, 1.54) is 12.1 Å². The summed E-state index contributed by atoms with van der Waals surface area (Å²) in [6, 6.07) is 4.12. The van der Waals surface area contributed by atoms with Crippen molar-refractivity contribution in [3.05, 3.63) is 33.9 Å². The van der Waals surface area contributed by atoms with E-state index in [4.69, 9.17) is 0 Å². The second-order valence-electron chi connectivity index (χ2n) is 6.85. The van der Waals surface area contributed by atoms with Gasteiger partial charge in [-0.15, -0.1) is 0 Å². The number of β-amino-alcohol motifs (C(OH)–C–C–N with tert-alkyl or cyclic N) is 1. The number of aliphatic hydroxyl groups is 1. The summed E-state index contributed by atoms with van der Waals surface area (Å²) in [6.07, 6.45) is 0.217. The standard InChI is InChI=1S/C16H25N3O5S/c1-11-6-13(3)18(9-11)10-14(20)8-17-25(23,24)15-5-4-12(2)16(7-15)19(21)22/h4-5,7,11,13-14,17,20H,6,8-10H2,1-3H3/t11?,13?,14-/m1/s1.